The number of anilines is 1. The standard InChI is InChI=1S/C16H22N4/c1-11(2)20-16(17-10-18-20)9-13-8-12(3)19-15-7-5-4-6-14(13)15/h4-7,10-13,19H,8-9H2,1-3H3. The molecule has 1 aliphatic heterocycles. The Hall–Kier alpha value is -1.84. The molecule has 0 saturated carbocycles. The fourth-order valence-corrected chi connectivity index (χ4v) is 3.13. The van der Waals surface area contributed by atoms with Gasteiger partial charge in [-0.3, -0.25) is 0 Å². The van der Waals surface area contributed by atoms with Gasteiger partial charge in [0.05, 0.1) is 0 Å². The molecule has 3 rings (SSSR count). The van der Waals surface area contributed by atoms with Gasteiger partial charge in [-0.1, -0.05) is 18.2 Å². The largest absolute Gasteiger partial charge is 0.382 e. The molecule has 0 radical (unpaired) electrons. The van der Waals surface area contributed by atoms with E-state index in [1.807, 2.05) is 4.68 Å². The summed E-state index contributed by atoms with van der Waals surface area (Å²) < 4.78 is 2.04. The smallest absolute Gasteiger partial charge is 0.138 e. The van der Waals surface area contributed by atoms with Gasteiger partial charge in [-0.05, 0) is 44.7 Å². The van der Waals surface area contributed by atoms with E-state index in [4.69, 9.17) is 0 Å². The highest BCUT2D eigenvalue weighted by Crippen LogP contribution is 2.36. The van der Waals surface area contributed by atoms with Crippen LogP contribution in [0.1, 0.15) is 50.5 Å². The van der Waals surface area contributed by atoms with E-state index < -0.39 is 0 Å². The minimum Gasteiger partial charge on any atom is -0.382 e. The van der Waals surface area contributed by atoms with Gasteiger partial charge < -0.3 is 5.32 Å². The summed E-state index contributed by atoms with van der Waals surface area (Å²) in [4.78, 5) is 4.46. The van der Waals surface area contributed by atoms with Crippen LogP contribution < -0.4 is 5.32 Å². The second-order valence-corrected chi connectivity index (χ2v) is 5.98. The Bertz CT molecular complexity index is 588. The number of hydrogen-bond acceptors (Lipinski definition) is 3. The molecule has 1 N–H and O–H groups in total. The molecule has 4 heteroatoms. The van der Waals surface area contributed by atoms with Crippen molar-refractivity contribution in [1.82, 2.24) is 14.8 Å². The number of nitrogens with one attached hydrogen (secondary N) is 1. The van der Waals surface area contributed by atoms with Gasteiger partial charge in [0.15, 0.2) is 0 Å². The molecule has 0 aliphatic carbocycles. The van der Waals surface area contributed by atoms with Crippen molar-refractivity contribution >= 4 is 5.69 Å². The van der Waals surface area contributed by atoms with Gasteiger partial charge in [0.2, 0.25) is 0 Å². The van der Waals surface area contributed by atoms with Gasteiger partial charge in [0.25, 0.3) is 0 Å². The van der Waals surface area contributed by atoms with Crippen LogP contribution in [0.25, 0.3) is 0 Å². The zero-order valence-electron chi connectivity index (χ0n) is 12.4. The molecule has 0 bridgehead atoms. The molecule has 0 spiro atoms. The maximum Gasteiger partial charge on any atom is 0.138 e. The van der Waals surface area contributed by atoms with E-state index in [9.17, 15) is 0 Å². The monoisotopic (exact) mass is 270 g/mol. The maximum absolute atomic E-state index is 4.46. The number of nitrogens with zero attached hydrogens (tertiary/aromatic N) is 3. The normalized spacial score (nSPS) is 21.6. The Kier molecular flexibility index (Phi) is 3.47. The van der Waals surface area contributed by atoms with Crippen LogP contribution in [0.5, 0.6) is 0 Å². The second-order valence-electron chi connectivity index (χ2n) is 5.98. The molecular weight excluding hydrogens is 248 g/mol. The lowest BCUT2D eigenvalue weighted by Crippen LogP contribution is -2.27. The molecule has 2 heterocycles. The lowest BCUT2D eigenvalue weighted by Gasteiger charge is -2.31. The zero-order chi connectivity index (χ0) is 14.1. The number of fused-ring (bicyclic) bond motifs is 1. The van der Waals surface area contributed by atoms with Crippen LogP contribution in [0.2, 0.25) is 0 Å². The second kappa shape index (κ2) is 5.27. The van der Waals surface area contributed by atoms with E-state index in [0.717, 1.165) is 18.7 Å². The first-order valence-electron chi connectivity index (χ1n) is 7.39. The zero-order valence-corrected chi connectivity index (χ0v) is 12.4. The third-order valence-electron chi connectivity index (χ3n) is 4.01. The SMILES string of the molecule is CC1CC(Cc2ncnn2C(C)C)c2ccccc2N1. The van der Waals surface area contributed by atoms with E-state index in [0.29, 0.717) is 18.0 Å². The van der Waals surface area contributed by atoms with Crippen molar-refractivity contribution in [3.63, 3.8) is 0 Å². The maximum atomic E-state index is 4.46. The van der Waals surface area contributed by atoms with Gasteiger partial charge >= 0.3 is 0 Å². The Labute approximate surface area is 120 Å². The van der Waals surface area contributed by atoms with Crippen LogP contribution in [0.3, 0.4) is 0 Å². The van der Waals surface area contributed by atoms with Crippen LogP contribution >= 0.6 is 0 Å². The Morgan fingerprint density at radius 1 is 1.35 bits per heavy atom. The van der Waals surface area contributed by atoms with Crippen LogP contribution in [0, 0.1) is 0 Å². The average molecular weight is 270 g/mol. The molecule has 2 atom stereocenters. The van der Waals surface area contributed by atoms with Crippen molar-refractivity contribution in [3.8, 4) is 0 Å². The van der Waals surface area contributed by atoms with E-state index in [-0.39, 0.29) is 0 Å². The summed E-state index contributed by atoms with van der Waals surface area (Å²) in [6.45, 7) is 6.55. The Morgan fingerprint density at radius 2 is 2.15 bits per heavy atom. The Balaban J connectivity index is 1.89. The molecule has 2 aromatic rings. The van der Waals surface area contributed by atoms with E-state index in [2.05, 4.69) is 60.4 Å². The van der Waals surface area contributed by atoms with E-state index in [1.54, 1.807) is 6.33 Å². The highest BCUT2D eigenvalue weighted by Gasteiger charge is 2.25. The van der Waals surface area contributed by atoms with E-state index in [1.165, 1.54) is 11.3 Å². The van der Waals surface area contributed by atoms with Crippen molar-refractivity contribution in [2.45, 2.75) is 51.6 Å². The third kappa shape index (κ3) is 2.42. The van der Waals surface area contributed by atoms with Crippen LogP contribution in [0.4, 0.5) is 5.69 Å². The molecule has 0 saturated heterocycles. The molecule has 1 aromatic carbocycles. The number of hydrogen-bond donors (Lipinski definition) is 1. The lowest BCUT2D eigenvalue weighted by molar-refractivity contribution is 0.473. The summed E-state index contributed by atoms with van der Waals surface area (Å²) >= 11 is 0. The van der Waals surface area contributed by atoms with Crippen LogP contribution in [-0.2, 0) is 6.42 Å². The highest BCUT2D eigenvalue weighted by molar-refractivity contribution is 5.55. The summed E-state index contributed by atoms with van der Waals surface area (Å²) in [6, 6.07) is 9.49. The molecule has 20 heavy (non-hydrogen) atoms. The first-order valence-corrected chi connectivity index (χ1v) is 7.39. The summed E-state index contributed by atoms with van der Waals surface area (Å²) in [5, 5.41) is 7.91. The highest BCUT2D eigenvalue weighted by atomic mass is 15.3. The van der Waals surface area contributed by atoms with Gasteiger partial charge in [0, 0.05) is 24.2 Å². The summed E-state index contributed by atoms with van der Waals surface area (Å²) in [5.74, 6) is 1.61. The minimum absolute atomic E-state index is 0.363. The summed E-state index contributed by atoms with van der Waals surface area (Å²) in [5.41, 5.74) is 2.68. The summed E-state index contributed by atoms with van der Waals surface area (Å²) in [6.07, 6.45) is 3.77. The fourth-order valence-electron chi connectivity index (χ4n) is 3.13. The molecule has 0 amide bonds. The van der Waals surface area contributed by atoms with Crippen LogP contribution in [0.15, 0.2) is 30.6 Å². The van der Waals surface area contributed by atoms with Gasteiger partial charge in [-0.2, -0.15) is 5.10 Å². The van der Waals surface area contributed by atoms with Crippen molar-refractivity contribution in [1.29, 1.82) is 0 Å². The Morgan fingerprint density at radius 3 is 2.95 bits per heavy atom. The number of rotatable bonds is 3. The van der Waals surface area contributed by atoms with Gasteiger partial charge in [-0.25, -0.2) is 9.67 Å². The number of benzene rings is 1. The number of aromatic nitrogens is 3. The third-order valence-corrected chi connectivity index (χ3v) is 4.01. The topological polar surface area (TPSA) is 42.7 Å². The summed E-state index contributed by atoms with van der Waals surface area (Å²) in [7, 11) is 0. The molecule has 106 valence electrons. The predicted octanol–water partition coefficient (Wildman–Crippen LogP) is 3.39. The van der Waals surface area contributed by atoms with Crippen molar-refractivity contribution in [3.05, 3.63) is 42.0 Å². The average Bonchev–Trinajstić information content (AvgIpc) is 2.87. The fraction of sp³-hybridized carbons (Fsp3) is 0.500. The van der Waals surface area contributed by atoms with Gasteiger partial charge in [0.1, 0.15) is 12.2 Å². The van der Waals surface area contributed by atoms with E-state index >= 15 is 0 Å². The predicted molar refractivity (Wildman–Crippen MR) is 81.0 cm³/mol. The first kappa shape index (κ1) is 13.2. The van der Waals surface area contributed by atoms with Crippen molar-refractivity contribution in [2.24, 2.45) is 0 Å². The minimum atomic E-state index is 0.363. The lowest BCUT2D eigenvalue weighted by atomic mass is 9.85. The number of para-hydroxylation sites is 1. The molecule has 2 unspecified atom stereocenters. The molecule has 4 nitrogen and oxygen atoms in total. The van der Waals surface area contributed by atoms with Gasteiger partial charge in [-0.15, -0.1) is 0 Å². The molecule has 1 aliphatic rings. The molecule has 0 fully saturated rings. The quantitative estimate of drug-likeness (QED) is 0.929. The molecular formula is C16H22N4. The van der Waals surface area contributed by atoms with Crippen LogP contribution in [-0.4, -0.2) is 20.8 Å². The van der Waals surface area contributed by atoms with Crippen molar-refractivity contribution < 1.29 is 0 Å². The first-order chi connectivity index (χ1) is 9.65. The van der Waals surface area contributed by atoms with Crippen molar-refractivity contribution in [2.75, 3.05) is 5.32 Å². The molecule has 1 aromatic heterocycles.